The Morgan fingerprint density at radius 3 is 2.73 bits per heavy atom. The maximum atomic E-state index is 10.4. The lowest BCUT2D eigenvalue weighted by Crippen LogP contribution is -2.21. The number of hydrogen-bond donors (Lipinski definition) is 1. The van der Waals surface area contributed by atoms with Crippen LogP contribution in [0.2, 0.25) is 0 Å². The highest BCUT2D eigenvalue weighted by atomic mass is 16.4. The molecule has 0 aliphatic carbocycles. The molecular weight excluding hydrogens is 142 g/mol. The van der Waals surface area contributed by atoms with Gasteiger partial charge in [-0.25, -0.2) is 0 Å². The minimum atomic E-state index is -0.669. The Balaban J connectivity index is 2.35. The molecule has 0 spiro atoms. The van der Waals surface area contributed by atoms with Crippen molar-refractivity contribution in [2.75, 3.05) is 13.6 Å². The van der Waals surface area contributed by atoms with Crippen LogP contribution in [0.4, 0.5) is 0 Å². The molecule has 0 aromatic heterocycles. The first-order valence-electron chi connectivity index (χ1n) is 4.01. The Morgan fingerprint density at radius 1 is 1.73 bits per heavy atom. The van der Waals surface area contributed by atoms with Crippen LogP contribution in [0.25, 0.3) is 0 Å². The van der Waals surface area contributed by atoms with Crippen molar-refractivity contribution in [2.24, 2.45) is 5.92 Å². The fraction of sp³-hybridized carbons (Fsp3) is 0.875. The molecule has 0 bridgehead atoms. The van der Waals surface area contributed by atoms with Gasteiger partial charge >= 0.3 is 5.97 Å². The molecule has 0 aromatic carbocycles. The van der Waals surface area contributed by atoms with E-state index in [4.69, 9.17) is 5.11 Å². The number of likely N-dealkylation sites (tertiary alicyclic amines) is 1. The fourth-order valence-electron chi connectivity index (χ4n) is 1.72. The lowest BCUT2D eigenvalue weighted by Gasteiger charge is -2.12. The van der Waals surface area contributed by atoms with Crippen molar-refractivity contribution >= 4 is 5.97 Å². The van der Waals surface area contributed by atoms with Crippen molar-refractivity contribution in [3.05, 3.63) is 0 Å². The van der Waals surface area contributed by atoms with Crippen LogP contribution in [0.15, 0.2) is 0 Å². The van der Waals surface area contributed by atoms with Crippen molar-refractivity contribution in [1.29, 1.82) is 0 Å². The monoisotopic (exact) mass is 157 g/mol. The maximum Gasteiger partial charge on any atom is 0.303 e. The molecule has 11 heavy (non-hydrogen) atoms. The van der Waals surface area contributed by atoms with E-state index in [0.717, 1.165) is 13.0 Å². The molecule has 0 amide bonds. The van der Waals surface area contributed by atoms with Crippen molar-refractivity contribution in [1.82, 2.24) is 4.90 Å². The summed E-state index contributed by atoms with van der Waals surface area (Å²) in [5.74, 6) is -0.301. The summed E-state index contributed by atoms with van der Waals surface area (Å²) < 4.78 is 0. The average molecular weight is 157 g/mol. The van der Waals surface area contributed by atoms with E-state index in [1.54, 1.807) is 0 Å². The molecule has 0 aromatic rings. The van der Waals surface area contributed by atoms with E-state index in [-0.39, 0.29) is 0 Å². The zero-order chi connectivity index (χ0) is 8.43. The zero-order valence-corrected chi connectivity index (χ0v) is 7.08. The topological polar surface area (TPSA) is 40.5 Å². The van der Waals surface area contributed by atoms with Crippen LogP contribution in [-0.2, 0) is 4.79 Å². The van der Waals surface area contributed by atoms with Gasteiger partial charge in [-0.15, -0.1) is 0 Å². The summed E-state index contributed by atoms with van der Waals surface area (Å²) in [6, 6.07) is 0.555. The van der Waals surface area contributed by atoms with Gasteiger partial charge < -0.3 is 10.0 Å². The Kier molecular flexibility index (Phi) is 2.49. The predicted octanol–water partition coefficient (Wildman–Crippen LogP) is 0.801. The quantitative estimate of drug-likeness (QED) is 0.644. The van der Waals surface area contributed by atoms with E-state index in [0.29, 0.717) is 18.4 Å². The number of rotatable bonds is 2. The highest BCUT2D eigenvalue weighted by Gasteiger charge is 2.27. The summed E-state index contributed by atoms with van der Waals surface area (Å²) in [6.07, 6.45) is 1.36. The molecule has 1 fully saturated rings. The van der Waals surface area contributed by atoms with Gasteiger partial charge in [0, 0.05) is 19.0 Å². The van der Waals surface area contributed by atoms with Gasteiger partial charge in [0.2, 0.25) is 0 Å². The third kappa shape index (κ3) is 2.19. The van der Waals surface area contributed by atoms with Gasteiger partial charge in [0.25, 0.3) is 0 Å². The van der Waals surface area contributed by atoms with Crippen LogP contribution in [0, 0.1) is 5.92 Å². The van der Waals surface area contributed by atoms with Gasteiger partial charge in [0.05, 0.1) is 0 Å². The van der Waals surface area contributed by atoms with E-state index in [9.17, 15) is 4.79 Å². The average Bonchev–Trinajstić information content (AvgIpc) is 2.10. The first-order valence-corrected chi connectivity index (χ1v) is 4.01. The second kappa shape index (κ2) is 3.22. The highest BCUT2D eigenvalue weighted by molar-refractivity contribution is 5.67. The molecule has 64 valence electrons. The molecule has 3 heteroatoms. The number of hydrogen-bond acceptors (Lipinski definition) is 2. The number of nitrogens with zero attached hydrogens (tertiary/aromatic N) is 1. The molecule has 3 nitrogen and oxygen atoms in total. The number of carboxylic acid groups (broad SMARTS) is 1. The second-order valence-corrected chi connectivity index (χ2v) is 3.49. The third-order valence-electron chi connectivity index (χ3n) is 2.44. The molecule has 1 heterocycles. The number of aliphatic carboxylic acids is 1. The van der Waals surface area contributed by atoms with E-state index in [2.05, 4.69) is 11.8 Å². The van der Waals surface area contributed by atoms with Crippen LogP contribution in [0.1, 0.15) is 19.8 Å². The van der Waals surface area contributed by atoms with Crippen LogP contribution < -0.4 is 0 Å². The van der Waals surface area contributed by atoms with Crippen molar-refractivity contribution in [2.45, 2.75) is 25.8 Å². The summed E-state index contributed by atoms with van der Waals surface area (Å²) in [5, 5.41) is 8.53. The molecule has 0 radical (unpaired) electrons. The summed E-state index contributed by atoms with van der Waals surface area (Å²) in [5.41, 5.74) is 0. The Bertz CT molecular complexity index is 148. The van der Waals surface area contributed by atoms with Gasteiger partial charge in [0.1, 0.15) is 0 Å². The van der Waals surface area contributed by atoms with Crippen molar-refractivity contribution in [3.63, 3.8) is 0 Å². The third-order valence-corrected chi connectivity index (χ3v) is 2.44. The summed E-state index contributed by atoms with van der Waals surface area (Å²) in [7, 11) is 2.05. The van der Waals surface area contributed by atoms with E-state index >= 15 is 0 Å². The minimum Gasteiger partial charge on any atom is -0.481 e. The van der Waals surface area contributed by atoms with Crippen LogP contribution >= 0.6 is 0 Å². The highest BCUT2D eigenvalue weighted by Crippen LogP contribution is 2.23. The first-order chi connectivity index (χ1) is 5.09. The summed E-state index contributed by atoms with van der Waals surface area (Å²) >= 11 is 0. The van der Waals surface area contributed by atoms with Gasteiger partial charge in [-0.1, -0.05) is 0 Å². The first kappa shape index (κ1) is 8.53. The van der Waals surface area contributed by atoms with Crippen LogP contribution in [0.3, 0.4) is 0 Å². The molecular formula is C8H15NO2. The summed E-state index contributed by atoms with van der Waals surface area (Å²) in [4.78, 5) is 12.6. The smallest absolute Gasteiger partial charge is 0.303 e. The Labute approximate surface area is 67.0 Å². The normalized spacial score (nSPS) is 32.5. The van der Waals surface area contributed by atoms with E-state index in [1.807, 2.05) is 7.05 Å². The lowest BCUT2D eigenvalue weighted by atomic mass is 10.0. The van der Waals surface area contributed by atoms with Gasteiger partial charge in [-0.2, -0.15) is 0 Å². The van der Waals surface area contributed by atoms with E-state index < -0.39 is 5.97 Å². The number of carboxylic acids is 1. The zero-order valence-electron chi connectivity index (χ0n) is 7.08. The maximum absolute atomic E-state index is 10.4. The van der Waals surface area contributed by atoms with Crippen molar-refractivity contribution in [3.8, 4) is 0 Å². The Morgan fingerprint density at radius 2 is 2.36 bits per heavy atom. The standard InChI is InChI=1S/C8H15NO2/c1-6-3-7(4-8(10)11)5-9(6)2/h6-7H,3-5H2,1-2H3,(H,10,11)/t6?,7-/m0/s1. The van der Waals surface area contributed by atoms with Crippen molar-refractivity contribution < 1.29 is 9.90 Å². The summed E-state index contributed by atoms with van der Waals surface area (Å²) in [6.45, 7) is 3.08. The minimum absolute atomic E-state index is 0.328. The fourth-order valence-corrected chi connectivity index (χ4v) is 1.72. The molecule has 1 saturated heterocycles. The lowest BCUT2D eigenvalue weighted by molar-refractivity contribution is -0.138. The Hall–Kier alpha value is -0.570. The van der Waals surface area contributed by atoms with Gasteiger partial charge in [0.15, 0.2) is 0 Å². The van der Waals surface area contributed by atoms with Gasteiger partial charge in [-0.3, -0.25) is 4.79 Å². The molecule has 0 saturated carbocycles. The molecule has 2 atom stereocenters. The molecule has 1 N–H and O–H groups in total. The molecule has 1 rings (SSSR count). The van der Waals surface area contributed by atoms with Crippen LogP contribution in [0.5, 0.6) is 0 Å². The predicted molar refractivity (Wildman–Crippen MR) is 42.5 cm³/mol. The second-order valence-electron chi connectivity index (χ2n) is 3.49. The van der Waals surface area contributed by atoms with Crippen LogP contribution in [-0.4, -0.2) is 35.6 Å². The largest absolute Gasteiger partial charge is 0.481 e. The molecule has 1 unspecified atom stereocenters. The number of carbonyl (C=O) groups is 1. The van der Waals surface area contributed by atoms with Gasteiger partial charge in [-0.05, 0) is 26.3 Å². The van der Waals surface area contributed by atoms with E-state index in [1.165, 1.54) is 0 Å². The SMILES string of the molecule is CC1C[C@@H](CC(=O)O)CN1C. The molecule has 1 aliphatic rings. The molecule has 1 aliphatic heterocycles.